The molecular formula is C19H16F2. The molecule has 2 heteroatoms. The molecular weight excluding hydrogens is 266 g/mol. The summed E-state index contributed by atoms with van der Waals surface area (Å²) in [5.74, 6) is 4.12. The molecule has 0 N–H and O–H groups in total. The predicted molar refractivity (Wildman–Crippen MR) is 82.0 cm³/mol. The minimum absolute atomic E-state index is 0.184. The van der Waals surface area contributed by atoms with Crippen molar-refractivity contribution in [1.82, 2.24) is 0 Å². The first-order valence-electron chi connectivity index (χ1n) is 6.77. The molecule has 0 heterocycles. The Morgan fingerprint density at radius 1 is 1.05 bits per heavy atom. The van der Waals surface area contributed by atoms with Gasteiger partial charge in [0, 0.05) is 5.56 Å². The fourth-order valence-electron chi connectivity index (χ4n) is 1.98. The van der Waals surface area contributed by atoms with E-state index >= 15 is 0 Å². The van der Waals surface area contributed by atoms with Crippen LogP contribution >= 0.6 is 0 Å². The van der Waals surface area contributed by atoms with Crippen LogP contribution in [0.15, 0.2) is 49.1 Å². The van der Waals surface area contributed by atoms with Gasteiger partial charge in [-0.2, -0.15) is 0 Å². The van der Waals surface area contributed by atoms with Gasteiger partial charge in [0.15, 0.2) is 0 Å². The van der Waals surface area contributed by atoms with Crippen molar-refractivity contribution in [2.75, 3.05) is 0 Å². The van der Waals surface area contributed by atoms with E-state index in [1.165, 1.54) is 17.7 Å². The van der Waals surface area contributed by atoms with Gasteiger partial charge in [-0.25, -0.2) is 8.78 Å². The lowest BCUT2D eigenvalue weighted by molar-refractivity contribution is 0.575. The maximum absolute atomic E-state index is 13.7. The Kier molecular flexibility index (Phi) is 4.90. The highest BCUT2D eigenvalue weighted by Gasteiger charge is 2.06. The van der Waals surface area contributed by atoms with Crippen molar-refractivity contribution >= 4 is 0 Å². The van der Waals surface area contributed by atoms with Crippen molar-refractivity contribution in [3.05, 3.63) is 82.9 Å². The molecule has 2 rings (SSSR count). The molecule has 0 spiro atoms. The van der Waals surface area contributed by atoms with Gasteiger partial charge >= 0.3 is 0 Å². The van der Waals surface area contributed by atoms with Gasteiger partial charge in [0.25, 0.3) is 0 Å². The number of halogens is 2. The summed E-state index contributed by atoms with van der Waals surface area (Å²) >= 11 is 0. The van der Waals surface area contributed by atoms with Gasteiger partial charge in [0.1, 0.15) is 11.6 Å². The fraction of sp³-hybridized carbons (Fsp3) is 0.158. The zero-order valence-corrected chi connectivity index (χ0v) is 11.9. The van der Waals surface area contributed by atoms with Crippen molar-refractivity contribution < 1.29 is 8.78 Å². The Morgan fingerprint density at radius 2 is 1.67 bits per heavy atom. The first-order chi connectivity index (χ1) is 10.1. The minimum atomic E-state index is -0.623. The number of hydrogen-bond donors (Lipinski definition) is 0. The third-order valence-corrected chi connectivity index (χ3v) is 3.11. The van der Waals surface area contributed by atoms with E-state index in [0.29, 0.717) is 5.56 Å². The molecule has 106 valence electrons. The van der Waals surface area contributed by atoms with Crippen LogP contribution in [0.5, 0.6) is 0 Å². The largest absolute Gasteiger partial charge is 0.206 e. The third-order valence-electron chi connectivity index (χ3n) is 3.11. The molecule has 0 unspecified atom stereocenters. The van der Waals surface area contributed by atoms with Gasteiger partial charge in [-0.1, -0.05) is 30.0 Å². The molecule has 0 nitrogen and oxygen atoms in total. The highest BCUT2D eigenvalue weighted by molar-refractivity contribution is 5.45. The quantitative estimate of drug-likeness (QED) is 0.561. The zero-order chi connectivity index (χ0) is 15.2. The number of aryl methyl sites for hydroxylation is 2. The molecule has 2 aromatic carbocycles. The lowest BCUT2D eigenvalue weighted by Crippen LogP contribution is -1.91. The third kappa shape index (κ3) is 4.03. The van der Waals surface area contributed by atoms with Crippen LogP contribution in [0.25, 0.3) is 0 Å². The Hall–Kier alpha value is -2.40. The van der Waals surface area contributed by atoms with E-state index in [2.05, 4.69) is 18.4 Å². The first-order valence-corrected chi connectivity index (χ1v) is 6.77. The topological polar surface area (TPSA) is 0 Å². The number of benzene rings is 2. The minimum Gasteiger partial charge on any atom is -0.206 e. The maximum Gasteiger partial charge on any atom is 0.142 e. The molecule has 21 heavy (non-hydrogen) atoms. The van der Waals surface area contributed by atoms with Gasteiger partial charge in [-0.15, -0.1) is 6.58 Å². The molecule has 0 aliphatic rings. The van der Waals surface area contributed by atoms with Crippen LogP contribution in [0, 0.1) is 30.4 Å². The summed E-state index contributed by atoms with van der Waals surface area (Å²) in [7, 11) is 0. The number of rotatable bonds is 3. The van der Waals surface area contributed by atoms with E-state index in [9.17, 15) is 8.78 Å². The lowest BCUT2D eigenvalue weighted by Gasteiger charge is -2.00. The fourth-order valence-corrected chi connectivity index (χ4v) is 1.98. The Balaban J connectivity index is 2.21. The van der Waals surface area contributed by atoms with Crippen molar-refractivity contribution in [3.63, 3.8) is 0 Å². The standard InChI is InChI=1S/C19H16F2/c1-3-4-5-15-6-8-16(9-7-15)10-11-17-18(20)12-14(2)13-19(17)21/h3,6-9,12-13H,1,4-5H2,2H3. The normalized spacial score (nSPS) is 9.86. The molecule has 0 aromatic heterocycles. The molecule has 0 radical (unpaired) electrons. The summed E-state index contributed by atoms with van der Waals surface area (Å²) in [4.78, 5) is 0. The molecule has 2 aromatic rings. The predicted octanol–water partition coefficient (Wildman–Crippen LogP) is 4.79. The summed E-state index contributed by atoms with van der Waals surface area (Å²) in [5, 5.41) is 0. The van der Waals surface area contributed by atoms with Crippen molar-refractivity contribution in [1.29, 1.82) is 0 Å². The highest BCUT2D eigenvalue weighted by atomic mass is 19.1. The first kappa shape index (κ1) is 15.0. The van der Waals surface area contributed by atoms with Crippen LogP contribution in [0.2, 0.25) is 0 Å². The van der Waals surface area contributed by atoms with Crippen molar-refractivity contribution in [3.8, 4) is 11.8 Å². The molecule has 0 amide bonds. The van der Waals surface area contributed by atoms with Gasteiger partial charge in [-0.05, 0) is 55.2 Å². The SMILES string of the molecule is C=CCCc1ccc(C#Cc2c(F)cc(C)cc2F)cc1. The van der Waals surface area contributed by atoms with Crippen LogP contribution < -0.4 is 0 Å². The highest BCUT2D eigenvalue weighted by Crippen LogP contribution is 2.14. The molecule has 0 saturated heterocycles. The van der Waals surface area contributed by atoms with E-state index in [0.717, 1.165) is 18.4 Å². The summed E-state index contributed by atoms with van der Waals surface area (Å²) in [6, 6.07) is 10.2. The van der Waals surface area contributed by atoms with Crippen molar-refractivity contribution in [2.45, 2.75) is 19.8 Å². The Bertz CT molecular complexity index is 678. The lowest BCUT2D eigenvalue weighted by atomic mass is 10.1. The maximum atomic E-state index is 13.7. The molecule has 0 aliphatic carbocycles. The summed E-state index contributed by atoms with van der Waals surface area (Å²) in [5.41, 5.74) is 2.28. The Morgan fingerprint density at radius 3 is 2.24 bits per heavy atom. The van der Waals surface area contributed by atoms with Crippen LogP contribution in [-0.4, -0.2) is 0 Å². The van der Waals surface area contributed by atoms with E-state index in [1.54, 1.807) is 6.92 Å². The number of allylic oxidation sites excluding steroid dienone is 1. The van der Waals surface area contributed by atoms with Crippen molar-refractivity contribution in [2.24, 2.45) is 0 Å². The van der Waals surface area contributed by atoms with Gasteiger partial charge < -0.3 is 0 Å². The van der Waals surface area contributed by atoms with Gasteiger partial charge in [0.2, 0.25) is 0 Å². The smallest absolute Gasteiger partial charge is 0.142 e. The molecule has 0 saturated carbocycles. The summed E-state index contributed by atoms with van der Waals surface area (Å²) in [6.07, 6.45) is 3.72. The molecule has 0 aliphatic heterocycles. The summed E-state index contributed by atoms with van der Waals surface area (Å²) in [6.45, 7) is 5.33. The monoisotopic (exact) mass is 282 g/mol. The second-order valence-electron chi connectivity index (χ2n) is 4.88. The van der Waals surface area contributed by atoms with Crippen LogP contribution in [0.3, 0.4) is 0 Å². The summed E-state index contributed by atoms with van der Waals surface area (Å²) < 4.78 is 27.3. The van der Waals surface area contributed by atoms with Gasteiger partial charge in [-0.3, -0.25) is 0 Å². The second-order valence-corrected chi connectivity index (χ2v) is 4.88. The number of hydrogen-bond acceptors (Lipinski definition) is 0. The Labute approximate surface area is 124 Å². The zero-order valence-electron chi connectivity index (χ0n) is 11.9. The average molecular weight is 282 g/mol. The molecule has 0 bridgehead atoms. The molecule has 0 fully saturated rings. The van der Waals surface area contributed by atoms with E-state index in [-0.39, 0.29) is 5.56 Å². The van der Waals surface area contributed by atoms with Gasteiger partial charge in [0.05, 0.1) is 5.56 Å². The van der Waals surface area contributed by atoms with E-state index < -0.39 is 11.6 Å². The molecule has 0 atom stereocenters. The van der Waals surface area contributed by atoms with E-state index in [4.69, 9.17) is 0 Å². The average Bonchev–Trinajstić information content (AvgIpc) is 2.45. The van der Waals surface area contributed by atoms with Crippen LogP contribution in [-0.2, 0) is 6.42 Å². The van der Waals surface area contributed by atoms with E-state index in [1.807, 2.05) is 30.3 Å². The van der Waals surface area contributed by atoms with Crippen LogP contribution in [0.4, 0.5) is 8.78 Å². The van der Waals surface area contributed by atoms with Crippen LogP contribution in [0.1, 0.15) is 28.7 Å². The second kappa shape index (κ2) is 6.85.